The van der Waals surface area contributed by atoms with Crippen LogP contribution in [0.4, 0.5) is 5.69 Å². The Kier molecular flexibility index (Phi) is 3.80. The number of nitrogens with zero attached hydrogens (tertiary/aromatic N) is 3. The number of hydrogen-bond donors (Lipinski definition) is 1. The Balaban J connectivity index is 2.20. The van der Waals surface area contributed by atoms with Crippen molar-refractivity contribution in [1.82, 2.24) is 15.2 Å². The molecular formula is C13H13BrN4OS. The van der Waals surface area contributed by atoms with E-state index in [4.69, 9.17) is 4.74 Å². The average molecular weight is 353 g/mol. The zero-order valence-electron chi connectivity index (χ0n) is 11.1. The number of aromatic nitrogens is 3. The molecule has 5 nitrogen and oxygen atoms in total. The highest BCUT2D eigenvalue weighted by atomic mass is 79.9. The molecule has 1 atom stereocenters. The lowest BCUT2D eigenvalue weighted by Gasteiger charge is -2.16. The van der Waals surface area contributed by atoms with Gasteiger partial charge in [-0.15, -0.1) is 10.2 Å². The van der Waals surface area contributed by atoms with Crippen molar-refractivity contribution in [2.24, 2.45) is 0 Å². The van der Waals surface area contributed by atoms with Crippen molar-refractivity contribution < 1.29 is 4.74 Å². The molecule has 0 saturated heterocycles. The lowest BCUT2D eigenvalue weighted by atomic mass is 10.1. The molecule has 0 aliphatic carbocycles. The van der Waals surface area contributed by atoms with Gasteiger partial charge in [0.15, 0.2) is 11.9 Å². The fourth-order valence-corrected chi connectivity index (χ4v) is 2.65. The molecule has 0 unspecified atom stereocenters. The topological polar surface area (TPSA) is 59.9 Å². The Morgan fingerprint density at radius 2 is 2.25 bits per heavy atom. The van der Waals surface area contributed by atoms with E-state index in [1.54, 1.807) is 0 Å². The van der Waals surface area contributed by atoms with Crippen LogP contribution in [0.1, 0.15) is 13.3 Å². The highest BCUT2D eigenvalue weighted by Crippen LogP contribution is 2.38. The summed E-state index contributed by atoms with van der Waals surface area (Å²) >= 11 is 4.93. The quantitative estimate of drug-likeness (QED) is 0.833. The van der Waals surface area contributed by atoms with E-state index in [2.05, 4.69) is 43.4 Å². The molecule has 104 valence electrons. The maximum absolute atomic E-state index is 5.92. The van der Waals surface area contributed by atoms with Crippen LogP contribution in [0.3, 0.4) is 0 Å². The summed E-state index contributed by atoms with van der Waals surface area (Å²) in [6.45, 7) is 2.06. The molecule has 3 rings (SSSR count). The first-order chi connectivity index (χ1) is 9.71. The van der Waals surface area contributed by atoms with Gasteiger partial charge in [-0.05, 0) is 24.5 Å². The fourth-order valence-electron chi connectivity index (χ4n) is 2.00. The molecule has 7 heteroatoms. The van der Waals surface area contributed by atoms with Gasteiger partial charge in [-0.1, -0.05) is 34.6 Å². The molecule has 1 aliphatic heterocycles. The summed E-state index contributed by atoms with van der Waals surface area (Å²) in [5.41, 5.74) is 2.59. The van der Waals surface area contributed by atoms with Crippen LogP contribution < -0.4 is 10.1 Å². The van der Waals surface area contributed by atoms with Crippen molar-refractivity contribution in [3.63, 3.8) is 0 Å². The number of fused-ring (bicyclic) bond motifs is 3. The first kappa shape index (κ1) is 13.6. The summed E-state index contributed by atoms with van der Waals surface area (Å²) in [6.07, 6.45) is 2.62. The number of rotatable bonds is 2. The molecule has 0 spiro atoms. The van der Waals surface area contributed by atoms with Crippen LogP contribution in [0, 0.1) is 0 Å². The van der Waals surface area contributed by atoms with Crippen molar-refractivity contribution in [2.75, 3.05) is 11.6 Å². The third-order valence-corrected chi connectivity index (χ3v) is 4.03. The van der Waals surface area contributed by atoms with Crippen LogP contribution in [0.2, 0.25) is 0 Å². The molecule has 1 aromatic heterocycles. The second-order valence-corrected chi connectivity index (χ2v) is 5.99. The summed E-state index contributed by atoms with van der Waals surface area (Å²) in [4.78, 5) is 4.43. The van der Waals surface area contributed by atoms with E-state index in [0.717, 1.165) is 22.1 Å². The first-order valence-corrected chi connectivity index (χ1v) is 8.25. The van der Waals surface area contributed by atoms with Crippen LogP contribution in [-0.2, 0) is 0 Å². The van der Waals surface area contributed by atoms with E-state index in [9.17, 15) is 0 Å². The van der Waals surface area contributed by atoms with Crippen LogP contribution in [0.15, 0.2) is 27.8 Å². The van der Waals surface area contributed by atoms with Gasteiger partial charge < -0.3 is 10.1 Å². The van der Waals surface area contributed by atoms with E-state index >= 15 is 0 Å². The molecule has 2 aromatic rings. The molecule has 0 amide bonds. The normalized spacial score (nSPS) is 16.4. The fraction of sp³-hybridized carbons (Fsp3) is 0.308. The zero-order valence-corrected chi connectivity index (χ0v) is 13.5. The molecule has 0 fully saturated rings. The van der Waals surface area contributed by atoms with Crippen LogP contribution >= 0.6 is 27.7 Å². The SMILES string of the molecule is CC[C@H]1Nc2ccc(Br)cc2-c2nnc(SC)nc2O1. The number of benzene rings is 1. The molecule has 1 N–H and O–H groups in total. The number of anilines is 1. The third-order valence-electron chi connectivity index (χ3n) is 3.00. The molecule has 0 saturated carbocycles. The van der Waals surface area contributed by atoms with Crippen LogP contribution in [0.25, 0.3) is 11.3 Å². The molecule has 20 heavy (non-hydrogen) atoms. The number of nitrogens with one attached hydrogen (secondary N) is 1. The van der Waals surface area contributed by atoms with Gasteiger partial charge in [-0.3, -0.25) is 0 Å². The van der Waals surface area contributed by atoms with Crippen molar-refractivity contribution >= 4 is 33.4 Å². The van der Waals surface area contributed by atoms with E-state index in [1.807, 2.05) is 24.5 Å². The van der Waals surface area contributed by atoms with Crippen LogP contribution in [-0.4, -0.2) is 27.7 Å². The van der Waals surface area contributed by atoms with Crippen molar-refractivity contribution in [3.8, 4) is 17.1 Å². The first-order valence-electron chi connectivity index (χ1n) is 6.23. The van der Waals surface area contributed by atoms with E-state index in [-0.39, 0.29) is 6.23 Å². The number of hydrogen-bond acceptors (Lipinski definition) is 6. The second-order valence-electron chi connectivity index (χ2n) is 4.30. The lowest BCUT2D eigenvalue weighted by Crippen LogP contribution is -2.24. The predicted molar refractivity (Wildman–Crippen MR) is 83.1 cm³/mol. The van der Waals surface area contributed by atoms with Crippen molar-refractivity contribution in [3.05, 3.63) is 22.7 Å². The largest absolute Gasteiger partial charge is 0.452 e. The maximum atomic E-state index is 5.92. The minimum atomic E-state index is -0.123. The minimum absolute atomic E-state index is 0.123. The zero-order chi connectivity index (χ0) is 14.1. The molecule has 0 bridgehead atoms. The Hall–Kier alpha value is -1.34. The molecule has 2 heterocycles. The minimum Gasteiger partial charge on any atom is -0.452 e. The molecular weight excluding hydrogens is 340 g/mol. The van der Waals surface area contributed by atoms with Crippen molar-refractivity contribution in [1.29, 1.82) is 0 Å². The third kappa shape index (κ3) is 2.47. The molecule has 0 radical (unpaired) electrons. The summed E-state index contributed by atoms with van der Waals surface area (Å²) < 4.78 is 6.90. The summed E-state index contributed by atoms with van der Waals surface area (Å²) in [5, 5.41) is 12.4. The van der Waals surface area contributed by atoms with E-state index in [0.29, 0.717) is 16.7 Å². The standard InChI is InChI=1S/C13H13BrN4OS/c1-3-10-15-9-5-4-7(14)6-8(9)11-12(19-10)16-13(20-2)18-17-11/h4-6,10,15H,3H2,1-2H3/t10-/m0/s1. The van der Waals surface area contributed by atoms with Gasteiger partial charge in [0, 0.05) is 22.1 Å². The summed E-state index contributed by atoms with van der Waals surface area (Å²) in [7, 11) is 0. The predicted octanol–water partition coefficient (Wildman–Crippen LogP) is 3.56. The van der Waals surface area contributed by atoms with E-state index in [1.165, 1.54) is 11.8 Å². The number of thioether (sulfide) groups is 1. The summed E-state index contributed by atoms with van der Waals surface area (Å²) in [6, 6.07) is 5.99. The average Bonchev–Trinajstić information content (AvgIpc) is 2.62. The van der Waals surface area contributed by atoms with Gasteiger partial charge in [0.25, 0.3) is 0 Å². The van der Waals surface area contributed by atoms with Crippen LogP contribution in [0.5, 0.6) is 5.88 Å². The van der Waals surface area contributed by atoms with Crippen molar-refractivity contribution in [2.45, 2.75) is 24.7 Å². The monoisotopic (exact) mass is 352 g/mol. The Bertz CT molecular complexity index is 652. The van der Waals surface area contributed by atoms with Gasteiger partial charge in [0.05, 0.1) is 0 Å². The number of halogens is 1. The Labute approximate surface area is 129 Å². The van der Waals surface area contributed by atoms with Gasteiger partial charge in [0.2, 0.25) is 11.0 Å². The highest BCUT2D eigenvalue weighted by molar-refractivity contribution is 9.10. The maximum Gasteiger partial charge on any atom is 0.247 e. The number of ether oxygens (including phenoxy) is 1. The van der Waals surface area contributed by atoms with Gasteiger partial charge >= 0.3 is 0 Å². The highest BCUT2D eigenvalue weighted by Gasteiger charge is 2.24. The molecule has 1 aliphatic rings. The Morgan fingerprint density at radius 1 is 1.40 bits per heavy atom. The lowest BCUT2D eigenvalue weighted by molar-refractivity contribution is 0.216. The Morgan fingerprint density at radius 3 is 3.00 bits per heavy atom. The summed E-state index contributed by atoms with van der Waals surface area (Å²) in [5.74, 6) is 0.528. The molecule has 1 aromatic carbocycles. The van der Waals surface area contributed by atoms with Gasteiger partial charge in [-0.2, -0.15) is 4.98 Å². The second kappa shape index (κ2) is 5.57. The van der Waals surface area contributed by atoms with Gasteiger partial charge in [-0.25, -0.2) is 0 Å². The van der Waals surface area contributed by atoms with Gasteiger partial charge in [0.1, 0.15) is 0 Å². The smallest absolute Gasteiger partial charge is 0.247 e. The van der Waals surface area contributed by atoms with E-state index < -0.39 is 0 Å².